The quantitative estimate of drug-likeness (QED) is 0.477. The molecule has 0 aliphatic rings. The Morgan fingerprint density at radius 1 is 1.71 bits per heavy atom. The smallest absolute Gasteiger partial charge is 0.392 e. The molecule has 7 heavy (non-hydrogen) atoms. The molecule has 0 saturated heterocycles. The zero-order valence-corrected chi connectivity index (χ0v) is 7.22. The van der Waals surface area contributed by atoms with Crippen molar-refractivity contribution in [1.29, 1.82) is 0 Å². The highest BCUT2D eigenvalue weighted by Crippen LogP contribution is 1.93. The minimum atomic E-state index is -1.37. The lowest BCUT2D eigenvalue weighted by Crippen LogP contribution is -2.11. The number of rotatable bonds is 3. The summed E-state index contributed by atoms with van der Waals surface area (Å²) in [5.74, 6) is 0. The molecule has 0 spiro atoms. The number of hydrogen-bond donors (Lipinski definition) is 0. The Balaban J connectivity index is 2.83. The summed E-state index contributed by atoms with van der Waals surface area (Å²) in [6.45, 7) is 2.68. The van der Waals surface area contributed by atoms with Crippen LogP contribution in [0, 0.1) is 0 Å². The Bertz CT molecular complexity index is 43.9. The fraction of sp³-hybridized carbons (Fsp3) is 1.00. The van der Waals surface area contributed by atoms with Crippen molar-refractivity contribution in [3.8, 4) is 0 Å². The van der Waals surface area contributed by atoms with Crippen molar-refractivity contribution in [3.63, 3.8) is 0 Å². The summed E-state index contributed by atoms with van der Waals surface area (Å²) in [6, 6.07) is 0. The lowest BCUT2D eigenvalue weighted by atomic mass is 10.9. The Labute approximate surface area is 53.2 Å². The fourth-order valence-electron chi connectivity index (χ4n) is 0.199. The van der Waals surface area contributed by atoms with Gasteiger partial charge >= 0.3 is 7.90 Å². The maximum atomic E-state index is 5.02. The maximum absolute atomic E-state index is 5.02. The standard InChI is InChI=1S/C3H9BrO2Si/c1-3-6-7(4)5-2/h7H,3H2,1-2H3. The van der Waals surface area contributed by atoms with E-state index in [0.717, 1.165) is 6.61 Å². The summed E-state index contributed by atoms with van der Waals surface area (Å²) < 4.78 is 9.85. The highest BCUT2D eigenvalue weighted by atomic mass is 79.9. The molecule has 0 aromatic rings. The van der Waals surface area contributed by atoms with Crippen LogP contribution in [0.4, 0.5) is 0 Å². The molecule has 2 nitrogen and oxygen atoms in total. The minimum absolute atomic E-state index is 0.732. The zero-order chi connectivity index (χ0) is 5.70. The van der Waals surface area contributed by atoms with Crippen molar-refractivity contribution in [2.24, 2.45) is 0 Å². The molecule has 0 aliphatic heterocycles. The van der Waals surface area contributed by atoms with Crippen LogP contribution in [0.1, 0.15) is 6.92 Å². The van der Waals surface area contributed by atoms with Gasteiger partial charge in [0.2, 0.25) is 0 Å². The molecule has 44 valence electrons. The van der Waals surface area contributed by atoms with Gasteiger partial charge in [-0.15, -0.1) is 0 Å². The van der Waals surface area contributed by atoms with Gasteiger partial charge in [-0.1, -0.05) is 15.3 Å². The van der Waals surface area contributed by atoms with E-state index in [4.69, 9.17) is 8.85 Å². The normalized spacial score (nSPS) is 14.1. The molecule has 0 aromatic heterocycles. The third kappa shape index (κ3) is 4.47. The predicted molar refractivity (Wildman–Crippen MR) is 34.7 cm³/mol. The maximum Gasteiger partial charge on any atom is 0.397 e. The van der Waals surface area contributed by atoms with Crippen LogP contribution in [-0.4, -0.2) is 21.6 Å². The third-order valence-corrected chi connectivity index (χ3v) is 3.36. The summed E-state index contributed by atoms with van der Waals surface area (Å²) in [5, 5.41) is 0. The second-order valence-corrected chi connectivity index (χ2v) is 4.56. The van der Waals surface area contributed by atoms with Gasteiger partial charge in [0, 0.05) is 13.7 Å². The van der Waals surface area contributed by atoms with Crippen LogP contribution in [0.2, 0.25) is 0 Å². The summed E-state index contributed by atoms with van der Waals surface area (Å²) in [4.78, 5) is 0. The molecule has 0 rings (SSSR count). The van der Waals surface area contributed by atoms with Gasteiger partial charge in [0.25, 0.3) is 0 Å². The fourth-order valence-corrected chi connectivity index (χ4v) is 1.39. The van der Waals surface area contributed by atoms with Crippen LogP contribution >= 0.6 is 15.3 Å². The lowest BCUT2D eigenvalue weighted by molar-refractivity contribution is 0.263. The first kappa shape index (κ1) is 7.62. The molecule has 0 fully saturated rings. The molecule has 0 radical (unpaired) electrons. The molecule has 1 unspecified atom stereocenters. The van der Waals surface area contributed by atoms with E-state index < -0.39 is 7.90 Å². The van der Waals surface area contributed by atoms with Gasteiger partial charge in [-0.25, -0.2) is 0 Å². The first-order valence-corrected chi connectivity index (χ1v) is 6.22. The second-order valence-electron chi connectivity index (χ2n) is 0.965. The van der Waals surface area contributed by atoms with Gasteiger partial charge in [0.1, 0.15) is 0 Å². The van der Waals surface area contributed by atoms with E-state index in [0.29, 0.717) is 0 Å². The van der Waals surface area contributed by atoms with Crippen LogP contribution < -0.4 is 0 Å². The van der Waals surface area contributed by atoms with E-state index in [2.05, 4.69) is 15.3 Å². The minimum Gasteiger partial charge on any atom is -0.392 e. The summed E-state index contributed by atoms with van der Waals surface area (Å²) in [7, 11) is 0.271. The molecule has 0 saturated carbocycles. The van der Waals surface area contributed by atoms with Gasteiger partial charge < -0.3 is 8.85 Å². The summed E-state index contributed by atoms with van der Waals surface area (Å²) in [5.41, 5.74) is 0. The molecule has 0 bridgehead atoms. The summed E-state index contributed by atoms with van der Waals surface area (Å²) >= 11 is 3.23. The van der Waals surface area contributed by atoms with Crippen molar-refractivity contribution in [2.45, 2.75) is 6.92 Å². The summed E-state index contributed by atoms with van der Waals surface area (Å²) in [6.07, 6.45) is 0. The molecule has 0 aromatic carbocycles. The first-order chi connectivity index (χ1) is 3.31. The lowest BCUT2D eigenvalue weighted by Gasteiger charge is -2.02. The molecule has 0 N–H and O–H groups in total. The van der Waals surface area contributed by atoms with Crippen molar-refractivity contribution >= 4 is 23.2 Å². The van der Waals surface area contributed by atoms with Crippen molar-refractivity contribution in [1.82, 2.24) is 0 Å². The molecular weight excluding hydrogens is 176 g/mol. The average Bonchev–Trinajstić information content (AvgIpc) is 1.68. The van der Waals surface area contributed by atoms with Crippen LogP contribution in [-0.2, 0) is 8.85 Å². The van der Waals surface area contributed by atoms with E-state index >= 15 is 0 Å². The monoisotopic (exact) mass is 184 g/mol. The number of hydrogen-bond acceptors (Lipinski definition) is 2. The molecule has 0 aliphatic carbocycles. The Morgan fingerprint density at radius 3 is 2.43 bits per heavy atom. The van der Waals surface area contributed by atoms with Gasteiger partial charge in [-0.2, -0.15) is 0 Å². The topological polar surface area (TPSA) is 18.5 Å². The van der Waals surface area contributed by atoms with Crippen LogP contribution in [0.25, 0.3) is 0 Å². The first-order valence-electron chi connectivity index (χ1n) is 2.09. The van der Waals surface area contributed by atoms with E-state index in [1.807, 2.05) is 6.92 Å². The molecular formula is C3H9BrO2Si. The number of halogens is 1. The molecule has 0 heterocycles. The Kier molecular flexibility index (Phi) is 5.19. The molecule has 1 atom stereocenters. The SMILES string of the molecule is CCO[SiH](Br)OC. The van der Waals surface area contributed by atoms with Crippen LogP contribution in [0.5, 0.6) is 0 Å². The van der Waals surface area contributed by atoms with Gasteiger partial charge in [0.05, 0.1) is 0 Å². The van der Waals surface area contributed by atoms with Crippen molar-refractivity contribution in [3.05, 3.63) is 0 Å². The van der Waals surface area contributed by atoms with Crippen molar-refractivity contribution < 1.29 is 8.85 Å². The highest BCUT2D eigenvalue weighted by Gasteiger charge is 2.00. The molecule has 0 amide bonds. The second kappa shape index (κ2) is 4.77. The van der Waals surface area contributed by atoms with Crippen LogP contribution in [0.3, 0.4) is 0 Å². The van der Waals surface area contributed by atoms with Crippen LogP contribution in [0.15, 0.2) is 0 Å². The Hall–Kier alpha value is 0.617. The zero-order valence-electron chi connectivity index (χ0n) is 4.48. The largest absolute Gasteiger partial charge is 0.397 e. The highest BCUT2D eigenvalue weighted by molar-refractivity contribution is 9.24. The predicted octanol–water partition coefficient (Wildman–Crippen LogP) is 0.781. The van der Waals surface area contributed by atoms with E-state index in [9.17, 15) is 0 Å². The Morgan fingerprint density at radius 2 is 2.29 bits per heavy atom. The van der Waals surface area contributed by atoms with Gasteiger partial charge in [0.15, 0.2) is 0 Å². The van der Waals surface area contributed by atoms with Gasteiger partial charge in [-0.3, -0.25) is 0 Å². The van der Waals surface area contributed by atoms with E-state index in [1.165, 1.54) is 0 Å². The third-order valence-electron chi connectivity index (χ3n) is 0.483. The average molecular weight is 185 g/mol. The van der Waals surface area contributed by atoms with Crippen molar-refractivity contribution in [2.75, 3.05) is 13.7 Å². The molecule has 4 heteroatoms. The van der Waals surface area contributed by atoms with E-state index in [-0.39, 0.29) is 0 Å². The van der Waals surface area contributed by atoms with E-state index in [1.54, 1.807) is 7.11 Å². The van der Waals surface area contributed by atoms with Gasteiger partial charge in [-0.05, 0) is 6.92 Å².